The Hall–Kier alpha value is -3.15. The van der Waals surface area contributed by atoms with Crippen LogP contribution in [0.25, 0.3) is 5.76 Å². The van der Waals surface area contributed by atoms with Crippen molar-refractivity contribution in [1.82, 2.24) is 9.88 Å². The van der Waals surface area contributed by atoms with Gasteiger partial charge in [0.25, 0.3) is 11.7 Å². The van der Waals surface area contributed by atoms with E-state index in [0.717, 1.165) is 11.3 Å². The van der Waals surface area contributed by atoms with Gasteiger partial charge < -0.3 is 14.7 Å². The molecule has 1 atom stereocenters. The SMILES string of the molecule is CCCN1C(=O)C(=O)/C(=C(\O)c2ccncc2)C1c1ccc(OCC(C)C)cc1. The van der Waals surface area contributed by atoms with Gasteiger partial charge in [0.05, 0.1) is 18.2 Å². The minimum absolute atomic E-state index is 0.102. The molecular weight excluding hydrogens is 368 g/mol. The highest BCUT2D eigenvalue weighted by Crippen LogP contribution is 2.39. The van der Waals surface area contributed by atoms with Crippen LogP contribution in [-0.2, 0) is 9.59 Å². The van der Waals surface area contributed by atoms with E-state index in [1.807, 2.05) is 31.2 Å². The molecule has 1 fully saturated rings. The smallest absolute Gasteiger partial charge is 0.295 e. The molecule has 1 aliphatic heterocycles. The van der Waals surface area contributed by atoms with Crippen LogP contribution in [0.5, 0.6) is 5.75 Å². The molecule has 6 heteroatoms. The van der Waals surface area contributed by atoms with Crippen LogP contribution in [-0.4, -0.2) is 39.8 Å². The summed E-state index contributed by atoms with van der Waals surface area (Å²) >= 11 is 0. The van der Waals surface area contributed by atoms with Crippen LogP contribution in [0.4, 0.5) is 0 Å². The van der Waals surface area contributed by atoms with Gasteiger partial charge in [0, 0.05) is 24.5 Å². The topological polar surface area (TPSA) is 79.7 Å². The summed E-state index contributed by atoms with van der Waals surface area (Å²) in [7, 11) is 0. The maximum atomic E-state index is 12.8. The number of carbonyl (C=O) groups is 2. The number of ketones is 1. The molecule has 1 amide bonds. The van der Waals surface area contributed by atoms with Crippen molar-refractivity contribution in [2.45, 2.75) is 33.2 Å². The molecule has 0 spiro atoms. The number of pyridine rings is 1. The average Bonchev–Trinajstić information content (AvgIpc) is 2.98. The Balaban J connectivity index is 2.03. The van der Waals surface area contributed by atoms with Gasteiger partial charge in [0.15, 0.2) is 0 Å². The Bertz CT molecular complexity index is 904. The number of amides is 1. The number of ether oxygens (including phenoxy) is 1. The number of hydrogen-bond donors (Lipinski definition) is 1. The highest BCUT2D eigenvalue weighted by Gasteiger charge is 2.45. The highest BCUT2D eigenvalue weighted by molar-refractivity contribution is 6.46. The predicted octanol–water partition coefficient (Wildman–Crippen LogP) is 3.95. The largest absolute Gasteiger partial charge is 0.507 e. The molecule has 29 heavy (non-hydrogen) atoms. The maximum Gasteiger partial charge on any atom is 0.295 e. The molecule has 1 saturated heterocycles. The number of carbonyl (C=O) groups excluding carboxylic acids is 2. The first-order chi connectivity index (χ1) is 13.9. The van der Waals surface area contributed by atoms with E-state index in [2.05, 4.69) is 18.8 Å². The number of Topliss-reactive ketones (excluding diaryl/α,β-unsaturated/α-hetero) is 1. The van der Waals surface area contributed by atoms with Crippen LogP contribution in [0.1, 0.15) is 44.4 Å². The van der Waals surface area contributed by atoms with E-state index in [1.54, 1.807) is 12.1 Å². The summed E-state index contributed by atoms with van der Waals surface area (Å²) in [4.78, 5) is 30.9. The van der Waals surface area contributed by atoms with Crippen molar-refractivity contribution >= 4 is 17.4 Å². The molecule has 3 rings (SSSR count). The van der Waals surface area contributed by atoms with Gasteiger partial charge in [0.2, 0.25) is 0 Å². The molecular formula is C23H26N2O4. The summed E-state index contributed by atoms with van der Waals surface area (Å²) in [6.07, 6.45) is 3.77. The number of likely N-dealkylation sites (tertiary alicyclic amines) is 1. The van der Waals surface area contributed by atoms with Crippen LogP contribution in [0.15, 0.2) is 54.4 Å². The van der Waals surface area contributed by atoms with Crippen molar-refractivity contribution in [2.75, 3.05) is 13.2 Å². The molecule has 152 valence electrons. The van der Waals surface area contributed by atoms with Crippen LogP contribution in [0.3, 0.4) is 0 Å². The zero-order valence-electron chi connectivity index (χ0n) is 17.0. The fourth-order valence-electron chi connectivity index (χ4n) is 3.37. The molecule has 2 heterocycles. The Labute approximate surface area is 170 Å². The van der Waals surface area contributed by atoms with Gasteiger partial charge in [0.1, 0.15) is 11.5 Å². The quantitative estimate of drug-likeness (QED) is 0.437. The normalized spacial score (nSPS) is 18.5. The third-order valence-electron chi connectivity index (χ3n) is 4.74. The summed E-state index contributed by atoms with van der Waals surface area (Å²) in [6.45, 7) is 7.13. The predicted molar refractivity (Wildman–Crippen MR) is 110 cm³/mol. The van der Waals surface area contributed by atoms with Crippen LogP contribution < -0.4 is 4.74 Å². The number of nitrogens with zero attached hydrogens (tertiary/aromatic N) is 2. The number of aliphatic hydroxyl groups excluding tert-OH is 1. The van der Waals surface area contributed by atoms with Gasteiger partial charge >= 0.3 is 0 Å². The zero-order chi connectivity index (χ0) is 21.0. The van der Waals surface area contributed by atoms with E-state index in [4.69, 9.17) is 4.74 Å². The van der Waals surface area contributed by atoms with E-state index < -0.39 is 17.7 Å². The molecule has 6 nitrogen and oxygen atoms in total. The lowest BCUT2D eigenvalue weighted by molar-refractivity contribution is -0.139. The van der Waals surface area contributed by atoms with Crippen molar-refractivity contribution in [1.29, 1.82) is 0 Å². The van der Waals surface area contributed by atoms with Crippen LogP contribution in [0, 0.1) is 5.92 Å². The van der Waals surface area contributed by atoms with E-state index >= 15 is 0 Å². The second-order valence-corrected chi connectivity index (χ2v) is 7.50. The fraction of sp³-hybridized carbons (Fsp3) is 0.348. The summed E-state index contributed by atoms with van der Waals surface area (Å²) < 4.78 is 5.73. The van der Waals surface area contributed by atoms with Crippen LogP contribution in [0.2, 0.25) is 0 Å². The molecule has 1 N–H and O–H groups in total. The minimum Gasteiger partial charge on any atom is -0.507 e. The lowest BCUT2D eigenvalue weighted by Crippen LogP contribution is -2.30. The molecule has 0 bridgehead atoms. The van der Waals surface area contributed by atoms with Crippen LogP contribution >= 0.6 is 0 Å². The molecule has 1 aromatic heterocycles. The Morgan fingerprint density at radius 3 is 2.38 bits per heavy atom. The zero-order valence-corrected chi connectivity index (χ0v) is 17.0. The standard InChI is InChI=1S/C23H26N2O4/c1-4-13-25-20(16-5-7-18(8-6-16)29-14-15(2)3)19(22(27)23(25)28)21(26)17-9-11-24-12-10-17/h5-12,15,20,26H,4,13-14H2,1-3H3/b21-19-. The maximum absolute atomic E-state index is 12.8. The Morgan fingerprint density at radius 1 is 1.14 bits per heavy atom. The van der Waals surface area contributed by atoms with Crippen molar-refractivity contribution in [3.63, 3.8) is 0 Å². The third-order valence-corrected chi connectivity index (χ3v) is 4.74. The highest BCUT2D eigenvalue weighted by atomic mass is 16.5. The monoisotopic (exact) mass is 394 g/mol. The Kier molecular flexibility index (Phi) is 6.32. The minimum atomic E-state index is -0.669. The van der Waals surface area contributed by atoms with E-state index in [9.17, 15) is 14.7 Å². The lowest BCUT2D eigenvalue weighted by Gasteiger charge is -2.25. The molecule has 1 unspecified atom stereocenters. The number of aliphatic hydroxyl groups is 1. The van der Waals surface area contributed by atoms with Gasteiger partial charge in [-0.1, -0.05) is 32.9 Å². The van der Waals surface area contributed by atoms with Gasteiger partial charge in [-0.15, -0.1) is 0 Å². The molecule has 1 aliphatic rings. The number of aromatic nitrogens is 1. The van der Waals surface area contributed by atoms with Gasteiger partial charge in [-0.25, -0.2) is 0 Å². The second kappa shape index (κ2) is 8.90. The first-order valence-corrected chi connectivity index (χ1v) is 9.85. The number of benzene rings is 1. The summed E-state index contributed by atoms with van der Waals surface area (Å²) in [6, 6.07) is 9.93. The second-order valence-electron chi connectivity index (χ2n) is 7.50. The summed E-state index contributed by atoms with van der Waals surface area (Å²) in [5.74, 6) is -0.310. The molecule has 0 radical (unpaired) electrons. The summed E-state index contributed by atoms with van der Waals surface area (Å²) in [5.41, 5.74) is 1.31. The van der Waals surface area contributed by atoms with Crippen molar-refractivity contribution in [2.24, 2.45) is 5.92 Å². The number of rotatable bonds is 7. The first-order valence-electron chi connectivity index (χ1n) is 9.85. The van der Waals surface area contributed by atoms with Gasteiger partial charge in [-0.05, 0) is 42.2 Å². The van der Waals surface area contributed by atoms with Gasteiger partial charge in [-0.2, -0.15) is 0 Å². The first kappa shape index (κ1) is 20.6. The van der Waals surface area contributed by atoms with E-state index in [-0.39, 0.29) is 11.3 Å². The molecule has 0 aliphatic carbocycles. The van der Waals surface area contributed by atoms with Crippen molar-refractivity contribution in [3.05, 3.63) is 65.5 Å². The summed E-state index contributed by atoms with van der Waals surface area (Å²) in [5, 5.41) is 10.9. The van der Waals surface area contributed by atoms with Gasteiger partial charge in [-0.3, -0.25) is 14.6 Å². The Morgan fingerprint density at radius 2 is 1.79 bits per heavy atom. The van der Waals surface area contributed by atoms with E-state index in [0.29, 0.717) is 31.1 Å². The van der Waals surface area contributed by atoms with Crippen molar-refractivity contribution in [3.8, 4) is 5.75 Å². The third kappa shape index (κ3) is 4.31. The molecule has 2 aromatic rings. The number of hydrogen-bond acceptors (Lipinski definition) is 5. The molecule has 0 saturated carbocycles. The van der Waals surface area contributed by atoms with Crippen molar-refractivity contribution < 1.29 is 19.4 Å². The lowest BCUT2D eigenvalue weighted by atomic mass is 9.95. The molecule has 1 aromatic carbocycles. The average molecular weight is 394 g/mol. The fourth-order valence-corrected chi connectivity index (χ4v) is 3.37. The van der Waals surface area contributed by atoms with E-state index in [1.165, 1.54) is 17.3 Å².